The first kappa shape index (κ1) is 25.1. The van der Waals surface area contributed by atoms with Crippen molar-refractivity contribution in [2.24, 2.45) is 5.92 Å². The van der Waals surface area contributed by atoms with Crippen LogP contribution >= 0.6 is 0 Å². The number of hydrogen-bond acceptors (Lipinski definition) is 3. The molecule has 0 aromatic heterocycles. The number of alkyl halides is 2. The maximum atomic E-state index is 14.1. The van der Waals surface area contributed by atoms with Gasteiger partial charge in [0.2, 0.25) is 0 Å². The first-order chi connectivity index (χ1) is 16.2. The van der Waals surface area contributed by atoms with Crippen molar-refractivity contribution in [3.63, 3.8) is 0 Å². The molecule has 1 aliphatic rings. The van der Waals surface area contributed by atoms with Crippen molar-refractivity contribution in [1.82, 2.24) is 4.90 Å². The van der Waals surface area contributed by atoms with E-state index in [-0.39, 0.29) is 18.0 Å². The number of carbonyl (C=O) groups excluding carboxylic acids is 1. The molecule has 1 saturated heterocycles. The van der Waals surface area contributed by atoms with E-state index in [1.807, 2.05) is 37.3 Å². The second-order valence-corrected chi connectivity index (χ2v) is 8.45. The Balaban J connectivity index is 1.60. The lowest BCUT2D eigenvalue weighted by atomic mass is 9.99. The molecule has 178 valence electrons. The predicted octanol–water partition coefficient (Wildman–Crippen LogP) is 4.16. The van der Waals surface area contributed by atoms with Crippen LogP contribution in [0.4, 0.5) is 8.78 Å². The monoisotopic (exact) mass is 467 g/mol. The summed E-state index contributed by atoms with van der Waals surface area (Å²) in [6.45, 7) is 1.88. The lowest BCUT2D eigenvalue weighted by Crippen LogP contribution is -2.37. The van der Waals surface area contributed by atoms with E-state index < -0.39 is 36.4 Å². The third-order valence-electron chi connectivity index (χ3n) is 5.83. The molecule has 2 aromatic rings. The lowest BCUT2D eigenvalue weighted by Gasteiger charge is -2.22. The second kappa shape index (κ2) is 11.1. The largest absolute Gasteiger partial charge is 0.478 e. The number of halogens is 2. The van der Waals surface area contributed by atoms with Gasteiger partial charge < -0.3 is 15.1 Å². The van der Waals surface area contributed by atoms with Gasteiger partial charge >= 0.3 is 11.9 Å². The van der Waals surface area contributed by atoms with Crippen LogP contribution in [-0.2, 0) is 11.2 Å². The Bertz CT molecular complexity index is 1090. The number of aromatic carboxylic acids is 1. The highest BCUT2D eigenvalue weighted by Gasteiger charge is 2.52. The second-order valence-electron chi connectivity index (χ2n) is 8.45. The molecule has 5 nitrogen and oxygen atoms in total. The van der Waals surface area contributed by atoms with Gasteiger partial charge in [0.1, 0.15) is 0 Å². The molecule has 1 amide bonds. The molecule has 0 spiro atoms. The number of aliphatic hydroxyl groups excluding tert-OH is 1. The summed E-state index contributed by atoms with van der Waals surface area (Å²) >= 11 is 0. The van der Waals surface area contributed by atoms with Gasteiger partial charge in [0.15, 0.2) is 0 Å². The molecule has 0 saturated carbocycles. The van der Waals surface area contributed by atoms with Crippen molar-refractivity contribution in [2.75, 3.05) is 6.54 Å². The Hall–Kier alpha value is -3.50. The van der Waals surface area contributed by atoms with E-state index in [2.05, 4.69) is 11.8 Å². The first-order valence-corrected chi connectivity index (χ1v) is 11.1. The summed E-state index contributed by atoms with van der Waals surface area (Å²) in [7, 11) is 0. The van der Waals surface area contributed by atoms with E-state index in [1.165, 1.54) is 24.3 Å². The number of carbonyl (C=O) groups is 2. The normalized spacial score (nSPS) is 19.0. The Morgan fingerprint density at radius 1 is 1.21 bits per heavy atom. The van der Waals surface area contributed by atoms with Gasteiger partial charge in [-0.3, -0.25) is 4.79 Å². The fourth-order valence-corrected chi connectivity index (χ4v) is 3.71. The van der Waals surface area contributed by atoms with E-state index in [9.17, 15) is 23.5 Å². The molecule has 1 fully saturated rings. The van der Waals surface area contributed by atoms with E-state index in [0.29, 0.717) is 12.8 Å². The topological polar surface area (TPSA) is 77.8 Å². The minimum atomic E-state index is -3.46. The summed E-state index contributed by atoms with van der Waals surface area (Å²) in [6.07, 6.45) is 2.13. The number of hydrogen-bond donors (Lipinski definition) is 2. The van der Waals surface area contributed by atoms with Crippen LogP contribution in [0.2, 0.25) is 0 Å². The van der Waals surface area contributed by atoms with Crippen LogP contribution < -0.4 is 0 Å². The van der Waals surface area contributed by atoms with Crippen LogP contribution in [0.5, 0.6) is 0 Å². The summed E-state index contributed by atoms with van der Waals surface area (Å²) in [4.78, 5) is 24.3. The van der Waals surface area contributed by atoms with Crippen LogP contribution in [0.1, 0.15) is 41.3 Å². The zero-order valence-corrected chi connectivity index (χ0v) is 18.8. The number of nitrogens with zero attached hydrogens (tertiary/aromatic N) is 1. The van der Waals surface area contributed by atoms with Crippen LogP contribution in [-0.4, -0.2) is 51.6 Å². The summed E-state index contributed by atoms with van der Waals surface area (Å²) in [6, 6.07) is 14.7. The highest BCUT2D eigenvalue weighted by Crippen LogP contribution is 2.34. The minimum Gasteiger partial charge on any atom is -0.478 e. The Labute approximate surface area is 197 Å². The molecule has 0 unspecified atom stereocenters. The number of aliphatic hydroxyl groups is 1. The third kappa shape index (κ3) is 6.52. The van der Waals surface area contributed by atoms with Gasteiger partial charge in [0.05, 0.1) is 17.7 Å². The highest BCUT2D eigenvalue weighted by atomic mass is 19.3. The van der Waals surface area contributed by atoms with Gasteiger partial charge in [-0.2, -0.15) is 8.78 Å². The summed E-state index contributed by atoms with van der Waals surface area (Å²) < 4.78 is 28.3. The molecular weight excluding hydrogens is 440 g/mol. The molecular formula is C27H27F2NO4. The van der Waals surface area contributed by atoms with Crippen LogP contribution in [0.15, 0.2) is 66.7 Å². The van der Waals surface area contributed by atoms with Crippen molar-refractivity contribution in [2.45, 2.75) is 44.3 Å². The average Bonchev–Trinajstić information content (AvgIpc) is 3.04. The van der Waals surface area contributed by atoms with E-state index in [4.69, 9.17) is 5.11 Å². The summed E-state index contributed by atoms with van der Waals surface area (Å²) in [5, 5.41) is 19.4. The van der Waals surface area contributed by atoms with E-state index in [1.54, 1.807) is 12.1 Å². The number of rotatable bonds is 8. The predicted molar refractivity (Wildman–Crippen MR) is 124 cm³/mol. The molecule has 7 heteroatoms. The molecule has 2 aromatic carbocycles. The van der Waals surface area contributed by atoms with Crippen molar-refractivity contribution in [1.29, 1.82) is 0 Å². The van der Waals surface area contributed by atoms with Gasteiger partial charge in [-0.25, -0.2) is 4.79 Å². The number of amides is 1. The van der Waals surface area contributed by atoms with Gasteiger partial charge in [-0.1, -0.05) is 61.2 Å². The molecule has 2 N–H and O–H groups in total. The van der Waals surface area contributed by atoms with Crippen LogP contribution in [0.25, 0.3) is 0 Å². The number of carboxylic acids is 1. The zero-order chi connectivity index (χ0) is 24.7. The average molecular weight is 468 g/mol. The molecule has 0 radical (unpaired) electrons. The zero-order valence-electron chi connectivity index (χ0n) is 18.8. The van der Waals surface area contributed by atoms with E-state index >= 15 is 0 Å². The van der Waals surface area contributed by atoms with Crippen molar-refractivity contribution < 1.29 is 28.6 Å². The maximum absolute atomic E-state index is 14.1. The van der Waals surface area contributed by atoms with Crippen molar-refractivity contribution >= 4 is 11.9 Å². The van der Waals surface area contributed by atoms with Gasteiger partial charge in [-0.15, -0.1) is 0 Å². The fraction of sp³-hybridized carbons (Fsp3) is 0.333. The highest BCUT2D eigenvalue weighted by molar-refractivity contribution is 5.87. The van der Waals surface area contributed by atoms with Crippen LogP contribution in [0, 0.1) is 17.8 Å². The SMILES string of the molecule is C[C@@H](CC#Cc1ccccc1)[C@H](O)C=C[C@H]1CC(F)(F)C(=O)N1CCc1ccc(C(=O)O)cc1. The van der Waals surface area contributed by atoms with Crippen molar-refractivity contribution in [3.05, 3.63) is 83.4 Å². The maximum Gasteiger partial charge on any atom is 0.335 e. The molecule has 3 atom stereocenters. The Morgan fingerprint density at radius 2 is 1.88 bits per heavy atom. The number of benzene rings is 2. The van der Waals surface area contributed by atoms with Gasteiger partial charge in [0.25, 0.3) is 5.91 Å². The first-order valence-electron chi connectivity index (χ1n) is 11.1. The number of carboxylic acid groups (broad SMARTS) is 1. The molecule has 34 heavy (non-hydrogen) atoms. The molecule has 0 bridgehead atoms. The molecule has 1 aliphatic heterocycles. The van der Waals surface area contributed by atoms with E-state index in [0.717, 1.165) is 16.0 Å². The van der Waals surface area contributed by atoms with Crippen LogP contribution in [0.3, 0.4) is 0 Å². The summed E-state index contributed by atoms with van der Waals surface area (Å²) in [5.41, 5.74) is 1.74. The Morgan fingerprint density at radius 3 is 2.53 bits per heavy atom. The van der Waals surface area contributed by atoms with Crippen molar-refractivity contribution in [3.8, 4) is 11.8 Å². The Kier molecular flexibility index (Phi) is 8.19. The molecule has 3 rings (SSSR count). The standard InChI is InChI=1S/C27H27F2NO4/c1-19(6-5-9-20-7-3-2-4-8-20)24(31)15-14-23-18-27(28,29)26(34)30(23)17-16-21-10-12-22(13-11-21)25(32)33/h2-4,7-8,10-15,19,23-24,31H,6,16-18H2,1H3,(H,32,33)/t19-,23-,24+/m0/s1. The van der Waals surface area contributed by atoms with Gasteiger partial charge in [0, 0.05) is 24.9 Å². The third-order valence-corrected chi connectivity index (χ3v) is 5.83. The molecule has 0 aliphatic carbocycles. The molecule has 1 heterocycles. The quantitative estimate of drug-likeness (QED) is 0.452. The summed E-state index contributed by atoms with van der Waals surface area (Å²) in [5.74, 6) is 0.0854. The fourth-order valence-electron chi connectivity index (χ4n) is 3.71. The minimum absolute atomic E-state index is 0.0596. The lowest BCUT2D eigenvalue weighted by molar-refractivity contribution is -0.148. The van der Waals surface area contributed by atoms with Gasteiger partial charge in [-0.05, 0) is 42.2 Å². The smallest absolute Gasteiger partial charge is 0.335 e. The number of likely N-dealkylation sites (tertiary alicyclic amines) is 1.